The molecule has 1 aromatic heterocycles. The van der Waals surface area contributed by atoms with Gasteiger partial charge in [-0.3, -0.25) is 14.9 Å². The maximum atomic E-state index is 14.9. The summed E-state index contributed by atoms with van der Waals surface area (Å²) in [5.74, 6) is -1.06. The van der Waals surface area contributed by atoms with Crippen molar-refractivity contribution in [3.05, 3.63) is 121 Å². The SMILES string of the molecule is CC.Cc1cc(=O)n(-c2cc(Oc3ccccc3OCc3ccccc3)c([N+](=O)[O-])cc2F)c(=O)n1C. The molecule has 37 heavy (non-hydrogen) atoms. The summed E-state index contributed by atoms with van der Waals surface area (Å²) >= 11 is 0. The summed E-state index contributed by atoms with van der Waals surface area (Å²) < 4.78 is 28.3. The molecule has 10 heteroatoms. The topological polar surface area (TPSA) is 106 Å². The van der Waals surface area contributed by atoms with Crippen LogP contribution in [0.1, 0.15) is 25.1 Å². The van der Waals surface area contributed by atoms with Gasteiger partial charge in [-0.25, -0.2) is 13.8 Å². The van der Waals surface area contributed by atoms with Crippen LogP contribution in [0.4, 0.5) is 10.1 Å². The van der Waals surface area contributed by atoms with E-state index in [1.54, 1.807) is 25.1 Å². The number of para-hydroxylation sites is 2. The smallest absolute Gasteiger partial charge is 0.335 e. The molecule has 0 saturated heterocycles. The number of aryl methyl sites for hydroxylation is 1. The van der Waals surface area contributed by atoms with E-state index in [-0.39, 0.29) is 18.1 Å². The Kier molecular flexibility index (Phi) is 8.57. The summed E-state index contributed by atoms with van der Waals surface area (Å²) in [4.78, 5) is 36.0. The lowest BCUT2D eigenvalue weighted by atomic mass is 10.2. The molecule has 0 radical (unpaired) electrons. The number of benzene rings is 3. The number of nitrogens with zero attached hydrogens (tertiary/aromatic N) is 3. The van der Waals surface area contributed by atoms with Crippen molar-refractivity contribution >= 4 is 5.69 Å². The summed E-state index contributed by atoms with van der Waals surface area (Å²) in [6.45, 7) is 5.77. The molecule has 0 aliphatic carbocycles. The zero-order valence-electron chi connectivity index (χ0n) is 20.8. The van der Waals surface area contributed by atoms with Gasteiger partial charge in [0, 0.05) is 24.9 Å². The molecule has 0 fully saturated rings. The van der Waals surface area contributed by atoms with Crippen LogP contribution in [0, 0.1) is 22.9 Å². The minimum atomic E-state index is -1.12. The van der Waals surface area contributed by atoms with E-state index in [0.717, 1.165) is 22.3 Å². The summed E-state index contributed by atoms with van der Waals surface area (Å²) in [5.41, 5.74) is -1.47. The third-order valence-electron chi connectivity index (χ3n) is 5.33. The van der Waals surface area contributed by atoms with Crippen molar-refractivity contribution in [2.24, 2.45) is 7.05 Å². The van der Waals surface area contributed by atoms with Crippen LogP contribution in [0.25, 0.3) is 5.69 Å². The second-order valence-corrected chi connectivity index (χ2v) is 7.65. The molecule has 0 aliphatic rings. The quantitative estimate of drug-likeness (QED) is 0.249. The van der Waals surface area contributed by atoms with E-state index in [9.17, 15) is 24.1 Å². The van der Waals surface area contributed by atoms with E-state index in [1.165, 1.54) is 13.1 Å². The maximum absolute atomic E-state index is 14.9. The van der Waals surface area contributed by atoms with Crippen LogP contribution < -0.4 is 20.7 Å². The third kappa shape index (κ3) is 5.92. The van der Waals surface area contributed by atoms with Crippen molar-refractivity contribution in [1.82, 2.24) is 9.13 Å². The number of ether oxygens (including phenoxy) is 2. The molecule has 0 atom stereocenters. The molecule has 3 aromatic carbocycles. The second kappa shape index (κ2) is 11.8. The zero-order valence-corrected chi connectivity index (χ0v) is 20.8. The standard InChI is InChI=1S/C25H20FN3O6.C2H6/c1-16-12-24(30)28(25(31)27(16)2)19-14-23(20(29(32)33)13-18(19)26)35-22-11-7-6-10-21(22)34-15-17-8-4-3-5-9-17;1-2/h3-14H,15H2,1-2H3;1-2H3. The van der Waals surface area contributed by atoms with Crippen LogP contribution >= 0.6 is 0 Å². The fourth-order valence-electron chi connectivity index (χ4n) is 3.39. The van der Waals surface area contributed by atoms with E-state index in [0.29, 0.717) is 22.1 Å². The Hall–Kier alpha value is -4.73. The lowest BCUT2D eigenvalue weighted by molar-refractivity contribution is -0.385. The molecule has 0 spiro atoms. The molecule has 0 unspecified atom stereocenters. The van der Waals surface area contributed by atoms with Crippen LogP contribution in [-0.2, 0) is 13.7 Å². The molecule has 1 heterocycles. The molecule has 4 aromatic rings. The summed E-state index contributed by atoms with van der Waals surface area (Å²) in [6.07, 6.45) is 0. The molecule has 0 aliphatic heterocycles. The van der Waals surface area contributed by atoms with Gasteiger partial charge in [-0.1, -0.05) is 56.3 Å². The van der Waals surface area contributed by atoms with Gasteiger partial charge in [0.15, 0.2) is 17.3 Å². The van der Waals surface area contributed by atoms with Gasteiger partial charge < -0.3 is 14.0 Å². The summed E-state index contributed by atoms with van der Waals surface area (Å²) in [6, 6.07) is 18.6. The Labute approximate surface area is 212 Å². The van der Waals surface area contributed by atoms with E-state index < -0.39 is 33.4 Å². The summed E-state index contributed by atoms with van der Waals surface area (Å²) in [5, 5.41) is 11.6. The monoisotopic (exact) mass is 507 g/mol. The molecular weight excluding hydrogens is 481 g/mol. The number of nitro benzene ring substituents is 1. The molecule has 4 rings (SSSR count). The number of hydrogen-bond donors (Lipinski definition) is 0. The fraction of sp³-hybridized carbons (Fsp3) is 0.185. The summed E-state index contributed by atoms with van der Waals surface area (Å²) in [7, 11) is 1.43. The minimum Gasteiger partial charge on any atom is -0.485 e. The number of halogens is 1. The van der Waals surface area contributed by atoms with Crippen LogP contribution in [0.5, 0.6) is 17.2 Å². The van der Waals surface area contributed by atoms with E-state index in [2.05, 4.69) is 0 Å². The van der Waals surface area contributed by atoms with Crippen LogP contribution in [0.3, 0.4) is 0 Å². The molecule has 0 saturated carbocycles. The van der Waals surface area contributed by atoms with Gasteiger partial charge in [-0.2, -0.15) is 0 Å². The highest BCUT2D eigenvalue weighted by molar-refractivity contribution is 5.56. The van der Waals surface area contributed by atoms with Crippen molar-refractivity contribution < 1.29 is 18.8 Å². The zero-order chi connectivity index (χ0) is 27.1. The normalized spacial score (nSPS) is 10.3. The minimum absolute atomic E-state index is 0.133. The average molecular weight is 508 g/mol. The van der Waals surface area contributed by atoms with Gasteiger partial charge in [0.05, 0.1) is 16.7 Å². The van der Waals surface area contributed by atoms with Crippen molar-refractivity contribution in [3.8, 4) is 22.9 Å². The average Bonchev–Trinajstić information content (AvgIpc) is 2.90. The van der Waals surface area contributed by atoms with Crippen LogP contribution in [-0.4, -0.2) is 14.1 Å². The van der Waals surface area contributed by atoms with Gasteiger partial charge in [0.25, 0.3) is 5.56 Å². The van der Waals surface area contributed by atoms with Crippen molar-refractivity contribution in [3.63, 3.8) is 0 Å². The van der Waals surface area contributed by atoms with Crippen LogP contribution in [0.2, 0.25) is 0 Å². The first-order valence-corrected chi connectivity index (χ1v) is 11.5. The number of nitro groups is 1. The Bertz CT molecular complexity index is 1530. The van der Waals surface area contributed by atoms with Gasteiger partial charge >= 0.3 is 11.4 Å². The highest BCUT2D eigenvalue weighted by Gasteiger charge is 2.24. The number of rotatable bonds is 7. The van der Waals surface area contributed by atoms with E-state index >= 15 is 0 Å². The van der Waals surface area contributed by atoms with Crippen molar-refractivity contribution in [1.29, 1.82) is 0 Å². The first kappa shape index (κ1) is 26.9. The van der Waals surface area contributed by atoms with Crippen LogP contribution in [0.15, 0.2) is 82.4 Å². The Balaban J connectivity index is 0.00000186. The van der Waals surface area contributed by atoms with Crippen molar-refractivity contribution in [2.45, 2.75) is 27.4 Å². The largest absolute Gasteiger partial charge is 0.485 e. The molecule has 0 bridgehead atoms. The molecule has 0 N–H and O–H groups in total. The first-order chi connectivity index (χ1) is 17.8. The first-order valence-electron chi connectivity index (χ1n) is 11.5. The lowest BCUT2D eigenvalue weighted by Crippen LogP contribution is -2.38. The number of hydrogen-bond acceptors (Lipinski definition) is 6. The maximum Gasteiger partial charge on any atom is 0.335 e. The lowest BCUT2D eigenvalue weighted by Gasteiger charge is -2.15. The third-order valence-corrected chi connectivity index (χ3v) is 5.33. The van der Waals surface area contributed by atoms with E-state index in [4.69, 9.17) is 9.47 Å². The van der Waals surface area contributed by atoms with Gasteiger partial charge in [0.2, 0.25) is 5.75 Å². The van der Waals surface area contributed by atoms with Crippen molar-refractivity contribution in [2.75, 3.05) is 0 Å². The second-order valence-electron chi connectivity index (χ2n) is 7.65. The predicted molar refractivity (Wildman–Crippen MR) is 137 cm³/mol. The predicted octanol–water partition coefficient (Wildman–Crippen LogP) is 5.29. The highest BCUT2D eigenvalue weighted by Crippen LogP contribution is 2.38. The highest BCUT2D eigenvalue weighted by atomic mass is 19.1. The van der Waals surface area contributed by atoms with Gasteiger partial charge in [-0.15, -0.1) is 0 Å². The molecule has 9 nitrogen and oxygen atoms in total. The fourth-order valence-corrected chi connectivity index (χ4v) is 3.39. The van der Waals surface area contributed by atoms with Gasteiger partial charge in [-0.05, 0) is 24.6 Å². The van der Waals surface area contributed by atoms with E-state index in [1.807, 2.05) is 44.2 Å². The molecule has 192 valence electrons. The molecule has 0 amide bonds. The van der Waals surface area contributed by atoms with Gasteiger partial charge in [0.1, 0.15) is 6.61 Å². The number of aromatic nitrogens is 2. The Morgan fingerprint density at radius 1 is 0.919 bits per heavy atom. The Morgan fingerprint density at radius 2 is 1.54 bits per heavy atom. The Morgan fingerprint density at radius 3 is 2.19 bits per heavy atom. The molecular formula is C27H26FN3O6.